The van der Waals surface area contributed by atoms with E-state index in [4.69, 9.17) is 14.2 Å². The van der Waals surface area contributed by atoms with E-state index in [0.29, 0.717) is 29.3 Å². The second kappa shape index (κ2) is 9.59. The predicted molar refractivity (Wildman–Crippen MR) is 105 cm³/mol. The number of nitrogens with one attached hydrogen (secondary N) is 2. The molecule has 0 atom stereocenters. The normalized spacial score (nSPS) is 10.3. The van der Waals surface area contributed by atoms with Gasteiger partial charge in [-0.05, 0) is 19.4 Å². The number of methoxy groups -OCH3 is 2. The first-order chi connectivity index (χ1) is 13.4. The van der Waals surface area contributed by atoms with E-state index in [9.17, 15) is 14.4 Å². The Hall–Kier alpha value is -3.29. The molecule has 0 spiro atoms. The van der Waals surface area contributed by atoms with Gasteiger partial charge in [-0.1, -0.05) is 13.3 Å². The van der Waals surface area contributed by atoms with E-state index >= 15 is 0 Å². The molecule has 1 amide bonds. The Morgan fingerprint density at radius 1 is 1.00 bits per heavy atom. The Morgan fingerprint density at radius 2 is 1.64 bits per heavy atom. The van der Waals surface area contributed by atoms with Gasteiger partial charge in [-0.2, -0.15) is 0 Å². The van der Waals surface area contributed by atoms with Gasteiger partial charge >= 0.3 is 5.97 Å². The highest BCUT2D eigenvalue weighted by molar-refractivity contribution is 6.05. The number of anilines is 1. The van der Waals surface area contributed by atoms with Gasteiger partial charge < -0.3 is 24.5 Å². The summed E-state index contributed by atoms with van der Waals surface area (Å²) in [5.74, 6) is -0.285. The number of aryl methyl sites for hydroxylation is 1. The lowest BCUT2D eigenvalue weighted by Crippen LogP contribution is -2.26. The second-order valence-electron chi connectivity index (χ2n) is 5.93. The van der Waals surface area contributed by atoms with Crippen molar-refractivity contribution >= 4 is 17.6 Å². The number of aromatic nitrogens is 1. The van der Waals surface area contributed by atoms with Crippen LogP contribution in [0.5, 0.6) is 11.5 Å². The monoisotopic (exact) mass is 388 g/mol. The molecule has 2 aromatic rings. The van der Waals surface area contributed by atoms with Gasteiger partial charge in [0.25, 0.3) is 11.5 Å². The number of esters is 1. The average Bonchev–Trinajstić information content (AvgIpc) is 2.68. The third-order valence-corrected chi connectivity index (χ3v) is 3.97. The van der Waals surface area contributed by atoms with Crippen molar-refractivity contribution in [3.63, 3.8) is 0 Å². The van der Waals surface area contributed by atoms with Gasteiger partial charge in [-0.25, -0.2) is 4.79 Å². The largest absolute Gasteiger partial charge is 0.497 e. The van der Waals surface area contributed by atoms with Crippen molar-refractivity contribution in [3.05, 3.63) is 51.4 Å². The van der Waals surface area contributed by atoms with E-state index in [1.165, 1.54) is 20.3 Å². The van der Waals surface area contributed by atoms with E-state index in [-0.39, 0.29) is 17.7 Å². The van der Waals surface area contributed by atoms with Gasteiger partial charge in [0.15, 0.2) is 0 Å². The molecule has 28 heavy (non-hydrogen) atoms. The van der Waals surface area contributed by atoms with Crippen LogP contribution in [0.3, 0.4) is 0 Å². The van der Waals surface area contributed by atoms with Gasteiger partial charge in [0.2, 0.25) is 0 Å². The summed E-state index contributed by atoms with van der Waals surface area (Å²) in [4.78, 5) is 40.0. The fourth-order valence-electron chi connectivity index (χ4n) is 2.65. The number of amides is 1. The van der Waals surface area contributed by atoms with Crippen molar-refractivity contribution in [1.82, 2.24) is 4.98 Å². The summed E-state index contributed by atoms with van der Waals surface area (Å²) in [6.45, 7) is 3.80. The van der Waals surface area contributed by atoms with E-state index in [1.807, 2.05) is 6.92 Å². The molecular weight excluding hydrogens is 364 g/mol. The average molecular weight is 388 g/mol. The molecule has 0 bridgehead atoms. The van der Waals surface area contributed by atoms with Crippen LogP contribution < -0.4 is 20.3 Å². The van der Waals surface area contributed by atoms with Crippen molar-refractivity contribution < 1.29 is 23.8 Å². The van der Waals surface area contributed by atoms with Crippen LogP contribution in [0.2, 0.25) is 0 Å². The summed E-state index contributed by atoms with van der Waals surface area (Å²) >= 11 is 0. The van der Waals surface area contributed by atoms with Crippen molar-refractivity contribution in [2.24, 2.45) is 0 Å². The van der Waals surface area contributed by atoms with Crippen LogP contribution in [0.1, 0.15) is 46.7 Å². The topological polar surface area (TPSA) is 107 Å². The number of hydrogen-bond donors (Lipinski definition) is 2. The summed E-state index contributed by atoms with van der Waals surface area (Å²) in [6.07, 6.45) is 1.20. The van der Waals surface area contributed by atoms with Crippen LogP contribution >= 0.6 is 0 Å². The highest BCUT2D eigenvalue weighted by Gasteiger charge is 2.20. The fraction of sp³-hybridized carbons (Fsp3) is 0.350. The molecule has 0 fully saturated rings. The van der Waals surface area contributed by atoms with E-state index in [0.717, 1.165) is 6.42 Å². The van der Waals surface area contributed by atoms with Crippen molar-refractivity contribution in [1.29, 1.82) is 0 Å². The maximum absolute atomic E-state index is 12.7. The molecule has 0 radical (unpaired) electrons. The number of ether oxygens (including phenoxy) is 3. The maximum atomic E-state index is 12.7. The quantitative estimate of drug-likeness (QED) is 0.674. The summed E-state index contributed by atoms with van der Waals surface area (Å²) in [5, 5.41) is 2.63. The standard InChI is InChI=1S/C20H24N2O6/c1-5-7-17-15(20(25)28-6-2)11-16(19(24)22-17)18(23)21-12-8-13(26-3)10-14(9-12)27-4/h8-11H,5-7H2,1-4H3,(H,21,23)(H,22,24). The first kappa shape index (κ1) is 21.0. The smallest absolute Gasteiger partial charge is 0.339 e. The Bertz CT molecular complexity index is 897. The number of aromatic amines is 1. The summed E-state index contributed by atoms with van der Waals surface area (Å²) in [5.41, 5.74) is 0.242. The minimum absolute atomic E-state index is 0.177. The molecule has 0 unspecified atom stereocenters. The van der Waals surface area contributed by atoms with E-state index in [1.54, 1.807) is 25.1 Å². The Balaban J connectivity index is 2.41. The Labute approximate surface area is 162 Å². The third-order valence-electron chi connectivity index (χ3n) is 3.97. The molecule has 0 aliphatic heterocycles. The number of benzene rings is 1. The molecule has 1 aromatic carbocycles. The first-order valence-corrected chi connectivity index (χ1v) is 8.91. The zero-order valence-electron chi connectivity index (χ0n) is 16.4. The summed E-state index contributed by atoms with van der Waals surface area (Å²) < 4.78 is 15.4. The fourth-order valence-corrected chi connectivity index (χ4v) is 2.65. The third kappa shape index (κ3) is 4.91. The Kier molecular flexibility index (Phi) is 7.20. The van der Waals surface area contributed by atoms with Crippen LogP contribution in [-0.4, -0.2) is 37.7 Å². The lowest BCUT2D eigenvalue weighted by atomic mass is 10.1. The molecule has 0 saturated carbocycles. The van der Waals surface area contributed by atoms with Crippen LogP contribution in [-0.2, 0) is 11.2 Å². The molecule has 8 heteroatoms. The van der Waals surface area contributed by atoms with Crippen molar-refractivity contribution in [3.8, 4) is 11.5 Å². The highest BCUT2D eigenvalue weighted by atomic mass is 16.5. The number of carbonyl (C=O) groups excluding carboxylic acids is 2. The zero-order valence-corrected chi connectivity index (χ0v) is 16.4. The number of pyridine rings is 1. The van der Waals surface area contributed by atoms with Gasteiger partial charge in [0.05, 0.1) is 26.4 Å². The molecule has 0 saturated heterocycles. The molecule has 1 heterocycles. The molecule has 2 N–H and O–H groups in total. The molecule has 0 aliphatic carbocycles. The van der Waals surface area contributed by atoms with E-state index < -0.39 is 17.4 Å². The van der Waals surface area contributed by atoms with Crippen LogP contribution in [0, 0.1) is 0 Å². The van der Waals surface area contributed by atoms with Crippen molar-refractivity contribution in [2.75, 3.05) is 26.1 Å². The van der Waals surface area contributed by atoms with Gasteiger partial charge in [-0.3, -0.25) is 9.59 Å². The molecule has 150 valence electrons. The highest BCUT2D eigenvalue weighted by Crippen LogP contribution is 2.26. The second-order valence-corrected chi connectivity index (χ2v) is 5.93. The van der Waals surface area contributed by atoms with Gasteiger partial charge in [-0.15, -0.1) is 0 Å². The molecule has 1 aromatic heterocycles. The minimum atomic E-state index is -0.662. The molecule has 2 rings (SSSR count). The lowest BCUT2D eigenvalue weighted by Gasteiger charge is -2.12. The molecular formula is C20H24N2O6. The van der Waals surface area contributed by atoms with Gasteiger partial charge in [0.1, 0.15) is 17.1 Å². The summed E-state index contributed by atoms with van der Waals surface area (Å²) in [6, 6.07) is 6.11. The van der Waals surface area contributed by atoms with Gasteiger partial charge in [0, 0.05) is 29.6 Å². The Morgan fingerprint density at radius 3 is 2.18 bits per heavy atom. The van der Waals surface area contributed by atoms with E-state index in [2.05, 4.69) is 10.3 Å². The summed E-state index contributed by atoms with van der Waals surface area (Å²) in [7, 11) is 2.98. The van der Waals surface area contributed by atoms with Crippen LogP contribution in [0.4, 0.5) is 5.69 Å². The van der Waals surface area contributed by atoms with Crippen LogP contribution in [0.15, 0.2) is 29.1 Å². The number of carbonyl (C=O) groups is 2. The maximum Gasteiger partial charge on any atom is 0.339 e. The lowest BCUT2D eigenvalue weighted by molar-refractivity contribution is 0.0524. The number of rotatable bonds is 8. The number of H-pyrrole nitrogens is 1. The number of hydrogen-bond acceptors (Lipinski definition) is 6. The zero-order chi connectivity index (χ0) is 20.7. The molecule has 0 aliphatic rings. The van der Waals surface area contributed by atoms with Crippen molar-refractivity contribution in [2.45, 2.75) is 26.7 Å². The first-order valence-electron chi connectivity index (χ1n) is 8.91. The molecule has 8 nitrogen and oxygen atoms in total. The van der Waals surface area contributed by atoms with Crippen LogP contribution in [0.25, 0.3) is 0 Å². The SMILES string of the molecule is CCCc1[nH]c(=O)c(C(=O)Nc2cc(OC)cc(OC)c2)cc1C(=O)OCC. The minimum Gasteiger partial charge on any atom is -0.497 e. The predicted octanol–water partition coefficient (Wildman–Crippen LogP) is 2.77.